The van der Waals surface area contributed by atoms with Crippen LogP contribution in [0, 0.1) is 10.1 Å². The molecule has 1 aliphatic heterocycles. The van der Waals surface area contributed by atoms with Crippen LogP contribution in [0.5, 0.6) is 11.5 Å². The molecule has 0 aliphatic carbocycles. The van der Waals surface area contributed by atoms with E-state index >= 15 is 0 Å². The molecule has 1 saturated heterocycles. The summed E-state index contributed by atoms with van der Waals surface area (Å²) in [5.41, 5.74) is -0.481. The molecular formula is C20H29N3O7. The number of nitro groups is 1. The van der Waals surface area contributed by atoms with Crippen LogP contribution in [0.3, 0.4) is 0 Å². The fraction of sp³-hybridized carbons (Fsp3) is 0.600. The van der Waals surface area contributed by atoms with Crippen molar-refractivity contribution in [2.75, 3.05) is 47.1 Å². The number of rotatable bonds is 11. The van der Waals surface area contributed by atoms with Gasteiger partial charge in [0.25, 0.3) is 11.6 Å². The maximum Gasteiger partial charge on any atom is 0.286 e. The Morgan fingerprint density at radius 3 is 2.70 bits per heavy atom. The first kappa shape index (κ1) is 23.4. The highest BCUT2D eigenvalue weighted by Crippen LogP contribution is 2.34. The van der Waals surface area contributed by atoms with Crippen LogP contribution in [-0.2, 0) is 9.53 Å². The molecule has 10 nitrogen and oxygen atoms in total. The minimum absolute atomic E-state index is 0.109. The summed E-state index contributed by atoms with van der Waals surface area (Å²) in [6.07, 6.45) is 4.10. The van der Waals surface area contributed by atoms with E-state index < -0.39 is 10.8 Å². The van der Waals surface area contributed by atoms with Crippen molar-refractivity contribution < 1.29 is 28.7 Å². The Kier molecular flexibility index (Phi) is 9.33. The highest BCUT2D eigenvalue weighted by atomic mass is 16.6. The number of ether oxygens (including phenoxy) is 3. The van der Waals surface area contributed by atoms with Gasteiger partial charge in [-0.25, -0.2) is 0 Å². The summed E-state index contributed by atoms with van der Waals surface area (Å²) >= 11 is 0. The quantitative estimate of drug-likeness (QED) is 0.329. The van der Waals surface area contributed by atoms with Gasteiger partial charge in [-0.05, 0) is 19.3 Å². The average molecular weight is 423 g/mol. The Balaban J connectivity index is 2.01. The molecule has 0 spiro atoms. The highest BCUT2D eigenvalue weighted by Gasteiger charge is 2.25. The Morgan fingerprint density at radius 2 is 2.00 bits per heavy atom. The van der Waals surface area contributed by atoms with Crippen LogP contribution in [0.1, 0.15) is 42.5 Å². The molecule has 166 valence electrons. The Hall–Kier alpha value is -2.88. The molecule has 1 N–H and O–H groups in total. The normalized spacial score (nSPS) is 14.2. The van der Waals surface area contributed by atoms with Gasteiger partial charge in [-0.1, -0.05) is 6.42 Å². The van der Waals surface area contributed by atoms with Crippen molar-refractivity contribution in [1.82, 2.24) is 10.2 Å². The molecule has 2 amide bonds. The number of hydrogen-bond donors (Lipinski definition) is 1. The van der Waals surface area contributed by atoms with E-state index in [0.29, 0.717) is 32.5 Å². The first-order valence-corrected chi connectivity index (χ1v) is 10.0. The molecule has 0 radical (unpaired) electrons. The fourth-order valence-electron chi connectivity index (χ4n) is 3.23. The molecule has 0 bridgehead atoms. The molecule has 2 rings (SSSR count). The topological polar surface area (TPSA) is 120 Å². The van der Waals surface area contributed by atoms with E-state index in [2.05, 4.69) is 5.32 Å². The van der Waals surface area contributed by atoms with E-state index in [1.165, 1.54) is 26.4 Å². The van der Waals surface area contributed by atoms with E-state index in [-0.39, 0.29) is 35.3 Å². The minimum atomic E-state index is -0.632. The van der Waals surface area contributed by atoms with Crippen molar-refractivity contribution >= 4 is 17.5 Å². The molecule has 1 aliphatic rings. The molecule has 1 aromatic rings. The van der Waals surface area contributed by atoms with Gasteiger partial charge < -0.3 is 24.4 Å². The fourth-order valence-corrected chi connectivity index (χ4v) is 3.23. The van der Waals surface area contributed by atoms with E-state index in [4.69, 9.17) is 14.2 Å². The third-order valence-electron chi connectivity index (χ3n) is 4.83. The van der Waals surface area contributed by atoms with Crippen LogP contribution in [0.2, 0.25) is 0 Å². The number of nitrogens with one attached hydrogen (secondary N) is 1. The van der Waals surface area contributed by atoms with E-state index in [0.717, 1.165) is 25.8 Å². The lowest BCUT2D eigenvalue weighted by atomic mass is 10.1. The zero-order valence-corrected chi connectivity index (χ0v) is 17.5. The number of nitrogens with zero attached hydrogens (tertiary/aromatic N) is 2. The number of carbonyl (C=O) groups is 2. The molecule has 0 saturated carbocycles. The van der Waals surface area contributed by atoms with E-state index in [9.17, 15) is 19.7 Å². The maximum atomic E-state index is 12.6. The van der Waals surface area contributed by atoms with Crippen molar-refractivity contribution in [2.24, 2.45) is 0 Å². The largest absolute Gasteiger partial charge is 0.493 e. The van der Waals surface area contributed by atoms with Gasteiger partial charge in [-0.2, -0.15) is 0 Å². The smallest absolute Gasteiger partial charge is 0.286 e. The van der Waals surface area contributed by atoms with Gasteiger partial charge in [0.15, 0.2) is 11.5 Å². The zero-order chi connectivity index (χ0) is 21.9. The number of amides is 2. The van der Waals surface area contributed by atoms with Gasteiger partial charge in [-0.3, -0.25) is 19.7 Å². The van der Waals surface area contributed by atoms with Gasteiger partial charge in [0, 0.05) is 39.2 Å². The number of carbonyl (C=O) groups excluding carboxylic acids is 2. The van der Waals surface area contributed by atoms with Gasteiger partial charge in [0.05, 0.1) is 24.7 Å². The third-order valence-corrected chi connectivity index (χ3v) is 4.83. The molecule has 30 heavy (non-hydrogen) atoms. The number of nitro benzene ring substituents is 1. The molecule has 0 aromatic heterocycles. The predicted molar refractivity (Wildman–Crippen MR) is 109 cm³/mol. The Labute approximate surface area is 175 Å². The Bertz CT molecular complexity index is 754. The highest BCUT2D eigenvalue weighted by molar-refractivity contribution is 5.99. The number of methoxy groups -OCH3 is 2. The molecule has 10 heteroatoms. The third kappa shape index (κ3) is 6.58. The van der Waals surface area contributed by atoms with Crippen LogP contribution < -0.4 is 14.8 Å². The van der Waals surface area contributed by atoms with Gasteiger partial charge in [0.2, 0.25) is 5.91 Å². The second-order valence-corrected chi connectivity index (χ2v) is 6.92. The van der Waals surface area contributed by atoms with Crippen LogP contribution in [0.4, 0.5) is 5.69 Å². The molecule has 0 atom stereocenters. The van der Waals surface area contributed by atoms with Crippen molar-refractivity contribution in [1.29, 1.82) is 0 Å². The first-order valence-electron chi connectivity index (χ1n) is 10.0. The summed E-state index contributed by atoms with van der Waals surface area (Å²) in [4.78, 5) is 37.2. The number of hydrogen-bond acceptors (Lipinski definition) is 7. The molecule has 0 unspecified atom stereocenters. The maximum absolute atomic E-state index is 12.6. The average Bonchev–Trinajstić information content (AvgIpc) is 2.94. The summed E-state index contributed by atoms with van der Waals surface area (Å²) in [7, 11) is 2.91. The number of likely N-dealkylation sites (tertiary alicyclic amines) is 1. The molecule has 1 heterocycles. The van der Waals surface area contributed by atoms with Crippen molar-refractivity contribution in [3.63, 3.8) is 0 Å². The molecular weight excluding hydrogens is 394 g/mol. The summed E-state index contributed by atoms with van der Waals surface area (Å²) in [5.74, 6) is -0.0524. The standard InChI is InChI=1S/C20H29N3O7/c1-28-11-12-30-18-14-16(23(26)27)15(13-17(18)29-2)20(25)21-8-6-10-22-9-5-3-4-7-19(22)24/h13-14H,3-12H2,1-2H3,(H,21,25). The summed E-state index contributed by atoms with van der Waals surface area (Å²) in [6, 6.07) is 2.48. The van der Waals surface area contributed by atoms with E-state index in [1.807, 2.05) is 4.90 Å². The lowest BCUT2D eigenvalue weighted by molar-refractivity contribution is -0.385. The predicted octanol–water partition coefficient (Wildman–Crippen LogP) is 2.15. The second-order valence-electron chi connectivity index (χ2n) is 6.92. The van der Waals surface area contributed by atoms with E-state index in [1.54, 1.807) is 0 Å². The van der Waals surface area contributed by atoms with Crippen LogP contribution in [0.25, 0.3) is 0 Å². The summed E-state index contributed by atoms with van der Waals surface area (Å²) < 4.78 is 15.6. The van der Waals surface area contributed by atoms with Crippen LogP contribution in [-0.4, -0.2) is 68.7 Å². The lowest BCUT2D eigenvalue weighted by Crippen LogP contribution is -2.34. The summed E-state index contributed by atoms with van der Waals surface area (Å²) in [5, 5.41) is 14.2. The number of benzene rings is 1. The first-order chi connectivity index (χ1) is 14.5. The SMILES string of the molecule is COCCOc1cc([N+](=O)[O-])c(C(=O)NCCCN2CCCCCC2=O)cc1OC. The Morgan fingerprint density at radius 1 is 1.20 bits per heavy atom. The molecule has 1 fully saturated rings. The van der Waals surface area contributed by atoms with Crippen molar-refractivity contribution in [2.45, 2.75) is 32.1 Å². The van der Waals surface area contributed by atoms with Gasteiger partial charge in [-0.15, -0.1) is 0 Å². The van der Waals surface area contributed by atoms with Crippen LogP contribution in [0.15, 0.2) is 12.1 Å². The molecule has 1 aromatic carbocycles. The van der Waals surface area contributed by atoms with Gasteiger partial charge in [0.1, 0.15) is 12.2 Å². The summed E-state index contributed by atoms with van der Waals surface area (Å²) in [6.45, 7) is 2.08. The second kappa shape index (κ2) is 12.0. The van der Waals surface area contributed by atoms with Crippen molar-refractivity contribution in [3.05, 3.63) is 27.8 Å². The minimum Gasteiger partial charge on any atom is -0.493 e. The van der Waals surface area contributed by atoms with Crippen LogP contribution >= 0.6 is 0 Å². The lowest BCUT2D eigenvalue weighted by Gasteiger charge is -2.20. The van der Waals surface area contributed by atoms with Gasteiger partial charge >= 0.3 is 0 Å². The zero-order valence-electron chi connectivity index (χ0n) is 17.5. The monoisotopic (exact) mass is 423 g/mol. The van der Waals surface area contributed by atoms with Crippen molar-refractivity contribution in [3.8, 4) is 11.5 Å².